The summed E-state index contributed by atoms with van der Waals surface area (Å²) in [6, 6.07) is 11.8. The van der Waals surface area contributed by atoms with Crippen LogP contribution in [-0.2, 0) is 6.42 Å². The van der Waals surface area contributed by atoms with Gasteiger partial charge in [0.05, 0.1) is 4.34 Å². The van der Waals surface area contributed by atoms with Gasteiger partial charge < -0.3 is 0 Å². The van der Waals surface area contributed by atoms with Crippen LogP contribution in [0.4, 0.5) is 0 Å². The third-order valence-corrected chi connectivity index (χ3v) is 4.58. The maximum absolute atomic E-state index is 6.19. The van der Waals surface area contributed by atoms with Crippen molar-refractivity contribution in [3.8, 4) is 0 Å². The fraction of sp³-hybridized carbons (Fsp3) is 0.231. The summed E-state index contributed by atoms with van der Waals surface area (Å²) in [6.07, 6.45) is 0.880. The van der Waals surface area contributed by atoms with E-state index in [9.17, 15) is 0 Å². The Hall–Kier alpha value is -0.210. The minimum Gasteiger partial charge on any atom is -0.128 e. The van der Waals surface area contributed by atoms with Gasteiger partial charge in [-0.25, -0.2) is 0 Å². The van der Waals surface area contributed by atoms with Crippen LogP contribution in [0, 0.1) is 0 Å². The van der Waals surface area contributed by atoms with Crippen LogP contribution in [0.15, 0.2) is 36.4 Å². The van der Waals surface area contributed by atoms with Crippen LogP contribution in [0.3, 0.4) is 0 Å². The molecule has 1 aromatic heterocycles. The monoisotopic (exact) mass is 304 g/mol. The molecule has 90 valence electrons. The van der Waals surface area contributed by atoms with Crippen molar-refractivity contribution < 1.29 is 0 Å². The molecule has 4 heteroatoms. The lowest BCUT2D eigenvalue weighted by atomic mass is 9.97. The molecule has 1 aromatic carbocycles. The predicted octanol–water partition coefficient (Wildman–Crippen LogP) is 5.62. The number of rotatable bonds is 4. The maximum atomic E-state index is 6.19. The van der Waals surface area contributed by atoms with Gasteiger partial charge in [0.1, 0.15) is 0 Å². The molecule has 2 rings (SSSR count). The fourth-order valence-corrected chi connectivity index (χ4v) is 3.49. The fourth-order valence-electron chi connectivity index (χ4n) is 1.76. The Labute approximate surface area is 120 Å². The van der Waals surface area contributed by atoms with Crippen molar-refractivity contribution in [3.05, 3.63) is 56.2 Å². The third-order valence-electron chi connectivity index (χ3n) is 2.61. The molecular weight excluding hydrogens is 295 g/mol. The molecule has 0 amide bonds. The van der Waals surface area contributed by atoms with E-state index in [2.05, 4.69) is 0 Å². The minimum absolute atomic E-state index is 0.236. The second-order valence-corrected chi connectivity index (χ2v) is 6.30. The van der Waals surface area contributed by atoms with Gasteiger partial charge in [-0.05, 0) is 30.2 Å². The van der Waals surface area contributed by atoms with E-state index in [1.54, 1.807) is 11.3 Å². The zero-order valence-corrected chi connectivity index (χ0v) is 12.1. The molecule has 0 aliphatic carbocycles. The molecule has 0 aliphatic heterocycles. The number of hydrogen-bond acceptors (Lipinski definition) is 1. The average Bonchev–Trinajstić information content (AvgIpc) is 2.73. The van der Waals surface area contributed by atoms with Crippen molar-refractivity contribution in [1.82, 2.24) is 0 Å². The first-order valence-corrected chi connectivity index (χ1v) is 7.36. The molecule has 2 aromatic rings. The quantitative estimate of drug-likeness (QED) is 0.643. The van der Waals surface area contributed by atoms with Crippen LogP contribution >= 0.6 is 46.1 Å². The second-order valence-electron chi connectivity index (χ2n) is 3.78. The van der Waals surface area contributed by atoms with Crippen LogP contribution in [0.2, 0.25) is 9.36 Å². The van der Waals surface area contributed by atoms with Gasteiger partial charge in [0, 0.05) is 21.7 Å². The average molecular weight is 306 g/mol. The first-order chi connectivity index (χ1) is 8.20. The Kier molecular flexibility index (Phi) is 4.75. The van der Waals surface area contributed by atoms with Gasteiger partial charge >= 0.3 is 0 Å². The highest BCUT2D eigenvalue weighted by molar-refractivity contribution is 7.16. The maximum Gasteiger partial charge on any atom is 0.0931 e. The van der Waals surface area contributed by atoms with Crippen LogP contribution in [-0.4, -0.2) is 5.88 Å². The van der Waals surface area contributed by atoms with Gasteiger partial charge in [-0.1, -0.05) is 41.4 Å². The van der Waals surface area contributed by atoms with Crippen LogP contribution in [0.5, 0.6) is 0 Å². The largest absolute Gasteiger partial charge is 0.128 e. The third kappa shape index (κ3) is 3.38. The van der Waals surface area contributed by atoms with E-state index in [-0.39, 0.29) is 5.92 Å². The van der Waals surface area contributed by atoms with Gasteiger partial charge in [0.2, 0.25) is 0 Å². The summed E-state index contributed by atoms with van der Waals surface area (Å²) < 4.78 is 0.812. The predicted molar refractivity (Wildman–Crippen MR) is 77.9 cm³/mol. The van der Waals surface area contributed by atoms with E-state index < -0.39 is 0 Å². The highest BCUT2D eigenvalue weighted by Gasteiger charge is 2.15. The van der Waals surface area contributed by atoms with Crippen molar-refractivity contribution in [2.24, 2.45) is 0 Å². The van der Waals surface area contributed by atoms with Crippen molar-refractivity contribution in [3.63, 3.8) is 0 Å². The molecule has 0 N–H and O–H groups in total. The van der Waals surface area contributed by atoms with Crippen LogP contribution in [0.1, 0.15) is 16.4 Å². The highest BCUT2D eigenvalue weighted by Crippen LogP contribution is 2.31. The Morgan fingerprint density at radius 1 is 1.06 bits per heavy atom. The lowest BCUT2D eigenvalue weighted by Gasteiger charge is -2.14. The Balaban J connectivity index is 2.20. The van der Waals surface area contributed by atoms with Gasteiger partial charge in [-0.3, -0.25) is 0 Å². The smallest absolute Gasteiger partial charge is 0.0931 e. The molecule has 0 saturated carbocycles. The summed E-state index contributed by atoms with van der Waals surface area (Å²) in [7, 11) is 0. The van der Waals surface area contributed by atoms with Crippen LogP contribution < -0.4 is 0 Å². The molecular formula is C13H11Cl3S. The molecule has 1 heterocycles. The van der Waals surface area contributed by atoms with Crippen molar-refractivity contribution in [2.45, 2.75) is 12.3 Å². The standard InChI is InChI=1S/C13H11Cl3S/c14-8-9(7-10-5-6-13(16)17-10)11-3-1-2-4-12(11)15/h1-6,9H,7-8H2. The van der Waals surface area contributed by atoms with E-state index in [0.717, 1.165) is 21.3 Å². The first kappa shape index (κ1) is 13.2. The normalized spacial score (nSPS) is 12.6. The topological polar surface area (TPSA) is 0 Å². The molecule has 0 bridgehead atoms. The van der Waals surface area contributed by atoms with E-state index in [1.807, 2.05) is 36.4 Å². The summed E-state index contributed by atoms with van der Waals surface area (Å²) in [5, 5.41) is 0.779. The van der Waals surface area contributed by atoms with Crippen molar-refractivity contribution in [1.29, 1.82) is 0 Å². The number of hydrogen-bond donors (Lipinski definition) is 0. The number of halogens is 3. The Morgan fingerprint density at radius 2 is 1.82 bits per heavy atom. The summed E-state index contributed by atoms with van der Waals surface area (Å²) in [6.45, 7) is 0. The molecule has 1 unspecified atom stereocenters. The molecule has 1 atom stereocenters. The molecule has 0 aliphatic rings. The minimum atomic E-state index is 0.236. The van der Waals surface area contributed by atoms with E-state index in [1.165, 1.54) is 4.88 Å². The number of alkyl halides is 1. The molecule has 0 radical (unpaired) electrons. The summed E-state index contributed by atoms with van der Waals surface area (Å²) in [5.41, 5.74) is 1.11. The molecule has 0 nitrogen and oxygen atoms in total. The zero-order chi connectivity index (χ0) is 12.3. The van der Waals surface area contributed by atoms with E-state index >= 15 is 0 Å². The lowest BCUT2D eigenvalue weighted by Crippen LogP contribution is -2.04. The van der Waals surface area contributed by atoms with E-state index in [0.29, 0.717) is 5.88 Å². The molecule has 0 spiro atoms. The summed E-state index contributed by atoms with van der Waals surface area (Å²) in [5.74, 6) is 0.791. The molecule has 0 fully saturated rings. The number of thiophene rings is 1. The summed E-state index contributed by atoms with van der Waals surface area (Å²) in [4.78, 5) is 1.24. The van der Waals surface area contributed by atoms with Gasteiger partial charge in [-0.15, -0.1) is 22.9 Å². The van der Waals surface area contributed by atoms with Gasteiger partial charge in [0.25, 0.3) is 0 Å². The zero-order valence-electron chi connectivity index (χ0n) is 9.00. The Morgan fingerprint density at radius 3 is 2.41 bits per heavy atom. The van der Waals surface area contributed by atoms with Crippen molar-refractivity contribution in [2.75, 3.05) is 5.88 Å². The molecule has 0 saturated heterocycles. The lowest BCUT2D eigenvalue weighted by molar-refractivity contribution is 0.776. The van der Waals surface area contributed by atoms with E-state index in [4.69, 9.17) is 34.8 Å². The first-order valence-electron chi connectivity index (χ1n) is 5.25. The summed E-state index contributed by atoms with van der Waals surface area (Å²) >= 11 is 19.8. The van der Waals surface area contributed by atoms with Crippen molar-refractivity contribution >= 4 is 46.1 Å². The highest BCUT2D eigenvalue weighted by atomic mass is 35.5. The van der Waals surface area contributed by atoms with Gasteiger partial charge in [-0.2, -0.15) is 0 Å². The second kappa shape index (κ2) is 6.10. The van der Waals surface area contributed by atoms with Gasteiger partial charge in [0.15, 0.2) is 0 Å². The number of benzene rings is 1. The Bertz CT molecular complexity index is 493. The molecule has 17 heavy (non-hydrogen) atoms. The van der Waals surface area contributed by atoms with Crippen LogP contribution in [0.25, 0.3) is 0 Å². The SMILES string of the molecule is ClCC(Cc1ccc(Cl)s1)c1ccccc1Cl.